The number of amides is 2. The minimum atomic E-state index is -1.06. The highest BCUT2D eigenvalue weighted by Gasteiger charge is 2.34. The molecular formula is C18H15F2N3O2S. The predicted molar refractivity (Wildman–Crippen MR) is 94.4 cm³/mol. The number of hydrogen-bond donors (Lipinski definition) is 2. The number of halogens is 2. The van der Waals surface area contributed by atoms with Crippen LogP contribution in [0.15, 0.2) is 35.2 Å². The number of nitrogens with zero attached hydrogens (tertiary/aromatic N) is 1. The Bertz CT molecular complexity index is 906. The SMILES string of the molecule is O=CNC1CCN(c2ccc(-c3cccc4c3SNC4)c(F)c2F)C1=O. The van der Waals surface area contributed by atoms with Gasteiger partial charge in [-0.2, -0.15) is 0 Å². The van der Waals surface area contributed by atoms with Gasteiger partial charge < -0.3 is 10.2 Å². The fourth-order valence-corrected chi connectivity index (χ4v) is 4.29. The van der Waals surface area contributed by atoms with Crippen LogP contribution < -0.4 is 14.9 Å². The van der Waals surface area contributed by atoms with E-state index in [9.17, 15) is 18.4 Å². The minimum absolute atomic E-state index is 0.107. The van der Waals surface area contributed by atoms with Crippen molar-refractivity contribution in [3.63, 3.8) is 0 Å². The summed E-state index contributed by atoms with van der Waals surface area (Å²) in [4.78, 5) is 24.9. The topological polar surface area (TPSA) is 61.4 Å². The lowest BCUT2D eigenvalue weighted by Gasteiger charge is -2.19. The maximum Gasteiger partial charge on any atom is 0.249 e. The highest BCUT2D eigenvalue weighted by Crippen LogP contribution is 2.40. The van der Waals surface area contributed by atoms with Crippen LogP contribution >= 0.6 is 11.9 Å². The molecule has 2 N–H and O–H groups in total. The van der Waals surface area contributed by atoms with Gasteiger partial charge in [-0.1, -0.05) is 18.2 Å². The molecule has 0 radical (unpaired) electrons. The summed E-state index contributed by atoms with van der Waals surface area (Å²) < 4.78 is 32.7. The molecule has 1 atom stereocenters. The van der Waals surface area contributed by atoms with Crippen molar-refractivity contribution in [2.24, 2.45) is 0 Å². The van der Waals surface area contributed by atoms with E-state index in [0.717, 1.165) is 10.5 Å². The molecule has 0 spiro atoms. The number of nitrogens with one attached hydrogen (secondary N) is 2. The van der Waals surface area contributed by atoms with Gasteiger partial charge in [-0.3, -0.25) is 14.3 Å². The van der Waals surface area contributed by atoms with Gasteiger partial charge in [-0.25, -0.2) is 8.78 Å². The first kappa shape index (κ1) is 17.0. The second kappa shape index (κ2) is 6.69. The third-order valence-corrected chi connectivity index (χ3v) is 5.63. The summed E-state index contributed by atoms with van der Waals surface area (Å²) in [6.45, 7) is 0.893. The number of carbonyl (C=O) groups excluding carboxylic acids is 2. The summed E-state index contributed by atoms with van der Waals surface area (Å²) in [5.74, 6) is -2.48. The fraction of sp³-hybridized carbons (Fsp3) is 0.222. The Morgan fingerprint density at radius 3 is 2.85 bits per heavy atom. The van der Waals surface area contributed by atoms with Crippen LogP contribution in [0, 0.1) is 11.6 Å². The molecule has 8 heteroatoms. The van der Waals surface area contributed by atoms with Crippen molar-refractivity contribution < 1.29 is 18.4 Å². The predicted octanol–water partition coefficient (Wildman–Crippen LogP) is 2.59. The summed E-state index contributed by atoms with van der Waals surface area (Å²) >= 11 is 1.39. The van der Waals surface area contributed by atoms with Crippen LogP contribution in [0.3, 0.4) is 0 Å². The van der Waals surface area contributed by atoms with Crippen molar-refractivity contribution in [1.29, 1.82) is 0 Å². The van der Waals surface area contributed by atoms with E-state index in [1.165, 1.54) is 29.0 Å². The van der Waals surface area contributed by atoms with Crippen molar-refractivity contribution in [2.75, 3.05) is 11.4 Å². The van der Waals surface area contributed by atoms with Crippen molar-refractivity contribution >= 4 is 30.0 Å². The molecule has 2 aromatic carbocycles. The molecule has 0 aromatic heterocycles. The normalized spacial score (nSPS) is 18.9. The standard InChI is InChI=1S/C18H15F2N3O2S/c19-15-11(12-3-1-2-10-8-22-26-17(10)12)4-5-14(16(15)20)23-7-6-13(18(23)25)21-9-24/h1-5,9,13,22H,6-8H2,(H,21,24). The van der Waals surface area contributed by atoms with Crippen LogP contribution in [0.5, 0.6) is 0 Å². The molecule has 0 aliphatic carbocycles. The first-order chi connectivity index (χ1) is 12.6. The summed E-state index contributed by atoms with van der Waals surface area (Å²) in [5.41, 5.74) is 1.71. The molecule has 2 heterocycles. The Morgan fingerprint density at radius 2 is 2.04 bits per heavy atom. The zero-order chi connectivity index (χ0) is 18.3. The average Bonchev–Trinajstić information content (AvgIpc) is 3.25. The van der Waals surface area contributed by atoms with E-state index < -0.39 is 23.6 Å². The van der Waals surface area contributed by atoms with Crippen LogP contribution in [0.2, 0.25) is 0 Å². The molecule has 5 nitrogen and oxygen atoms in total. The van der Waals surface area contributed by atoms with E-state index in [-0.39, 0.29) is 17.8 Å². The van der Waals surface area contributed by atoms with Crippen LogP contribution in [-0.4, -0.2) is 24.9 Å². The Balaban J connectivity index is 1.72. The van der Waals surface area contributed by atoms with Gasteiger partial charge in [-0.05, 0) is 41.6 Å². The van der Waals surface area contributed by atoms with Gasteiger partial charge in [0.1, 0.15) is 6.04 Å². The van der Waals surface area contributed by atoms with Gasteiger partial charge in [0.2, 0.25) is 12.3 Å². The van der Waals surface area contributed by atoms with Gasteiger partial charge in [-0.15, -0.1) is 0 Å². The summed E-state index contributed by atoms with van der Waals surface area (Å²) in [6, 6.07) is 7.72. The maximum absolute atomic E-state index is 14.8. The second-order valence-electron chi connectivity index (χ2n) is 6.09. The molecule has 134 valence electrons. The third-order valence-electron chi connectivity index (χ3n) is 4.65. The Labute approximate surface area is 152 Å². The molecule has 2 aliphatic rings. The van der Waals surface area contributed by atoms with Gasteiger partial charge in [0, 0.05) is 23.5 Å². The number of carbonyl (C=O) groups is 2. The molecule has 2 aromatic rings. The Morgan fingerprint density at radius 1 is 1.19 bits per heavy atom. The quantitative estimate of drug-likeness (QED) is 0.637. The van der Waals surface area contributed by atoms with Gasteiger partial charge in [0.15, 0.2) is 11.6 Å². The molecule has 2 aliphatic heterocycles. The zero-order valence-corrected chi connectivity index (χ0v) is 14.4. The number of rotatable bonds is 4. The summed E-state index contributed by atoms with van der Waals surface area (Å²) in [5, 5.41) is 2.40. The summed E-state index contributed by atoms with van der Waals surface area (Å²) in [6.07, 6.45) is 0.794. The lowest BCUT2D eigenvalue weighted by atomic mass is 10.0. The molecule has 0 bridgehead atoms. The molecule has 1 fully saturated rings. The number of fused-ring (bicyclic) bond motifs is 1. The number of anilines is 1. The van der Waals surface area contributed by atoms with Crippen LogP contribution in [0.1, 0.15) is 12.0 Å². The Hall–Kier alpha value is -2.45. The third kappa shape index (κ3) is 2.65. The smallest absolute Gasteiger partial charge is 0.249 e. The van der Waals surface area contributed by atoms with Crippen molar-refractivity contribution in [3.8, 4) is 11.1 Å². The van der Waals surface area contributed by atoms with Crippen molar-refractivity contribution in [1.82, 2.24) is 10.0 Å². The minimum Gasteiger partial charge on any atom is -0.347 e. The molecule has 26 heavy (non-hydrogen) atoms. The van der Waals surface area contributed by atoms with E-state index in [1.807, 2.05) is 12.1 Å². The van der Waals surface area contributed by atoms with Crippen LogP contribution in [-0.2, 0) is 16.1 Å². The van der Waals surface area contributed by atoms with Gasteiger partial charge >= 0.3 is 0 Å². The van der Waals surface area contributed by atoms with Gasteiger partial charge in [0.25, 0.3) is 0 Å². The number of benzene rings is 2. The first-order valence-corrected chi connectivity index (χ1v) is 8.94. The lowest BCUT2D eigenvalue weighted by Crippen LogP contribution is -2.38. The number of hydrogen-bond acceptors (Lipinski definition) is 4. The second-order valence-corrected chi connectivity index (χ2v) is 6.99. The highest BCUT2D eigenvalue weighted by atomic mass is 32.2. The maximum atomic E-state index is 14.8. The molecule has 1 unspecified atom stereocenters. The fourth-order valence-electron chi connectivity index (χ4n) is 3.35. The monoisotopic (exact) mass is 375 g/mol. The zero-order valence-electron chi connectivity index (χ0n) is 13.6. The average molecular weight is 375 g/mol. The van der Waals surface area contributed by atoms with E-state index >= 15 is 0 Å². The Kier molecular flexibility index (Phi) is 4.37. The lowest BCUT2D eigenvalue weighted by molar-refractivity contribution is -0.121. The van der Waals surface area contributed by atoms with E-state index in [0.29, 0.717) is 24.9 Å². The molecule has 2 amide bonds. The largest absolute Gasteiger partial charge is 0.347 e. The molecule has 4 rings (SSSR count). The van der Waals surface area contributed by atoms with Crippen molar-refractivity contribution in [2.45, 2.75) is 23.9 Å². The van der Waals surface area contributed by atoms with E-state index in [4.69, 9.17) is 0 Å². The summed E-state index contributed by atoms with van der Waals surface area (Å²) in [7, 11) is 0. The van der Waals surface area contributed by atoms with Crippen LogP contribution in [0.25, 0.3) is 11.1 Å². The first-order valence-electron chi connectivity index (χ1n) is 8.13. The van der Waals surface area contributed by atoms with Gasteiger partial charge in [0.05, 0.1) is 5.69 Å². The highest BCUT2D eigenvalue weighted by molar-refractivity contribution is 7.97. The van der Waals surface area contributed by atoms with Crippen molar-refractivity contribution in [3.05, 3.63) is 47.5 Å². The molecular weight excluding hydrogens is 360 g/mol. The molecule has 1 saturated heterocycles. The van der Waals surface area contributed by atoms with E-state index in [2.05, 4.69) is 10.0 Å². The van der Waals surface area contributed by atoms with E-state index in [1.54, 1.807) is 6.07 Å². The van der Waals surface area contributed by atoms with Crippen LogP contribution in [0.4, 0.5) is 14.5 Å². The molecule has 0 saturated carbocycles.